The maximum absolute atomic E-state index is 3.83. The minimum absolute atomic E-state index is 0. The molecule has 2 radical (unpaired) electrons. The molecule has 56 valence electrons. The predicted molar refractivity (Wildman–Crippen MR) is 37.4 cm³/mol. The molecule has 0 rings (SSSR count). The molecule has 1 N–H and O–H groups in total. The molecule has 0 saturated carbocycles. The van der Waals surface area contributed by atoms with Crippen LogP contribution in [0, 0.1) is 19.3 Å². The Morgan fingerprint density at radius 2 is 2.00 bits per heavy atom. The summed E-state index contributed by atoms with van der Waals surface area (Å²) in [5.74, 6) is 0.523. The minimum atomic E-state index is 0. The summed E-state index contributed by atoms with van der Waals surface area (Å²) < 4.78 is 0. The van der Waals surface area contributed by atoms with Gasteiger partial charge in [-0.2, -0.15) is 12.8 Å². The van der Waals surface area contributed by atoms with Gasteiger partial charge in [0.05, 0.1) is 0 Å². The van der Waals surface area contributed by atoms with Crippen molar-refractivity contribution in [3.63, 3.8) is 0 Å². The van der Waals surface area contributed by atoms with Gasteiger partial charge in [0.1, 0.15) is 0 Å². The van der Waals surface area contributed by atoms with E-state index in [-0.39, 0.29) is 65.4 Å². The zero-order valence-corrected chi connectivity index (χ0v) is 12.6. The molecule has 3 heteroatoms. The first kappa shape index (κ1) is 18.1. The van der Waals surface area contributed by atoms with Crippen LogP contribution in [0.25, 0.3) is 0 Å². The molecule has 0 aromatic carbocycles. The van der Waals surface area contributed by atoms with Gasteiger partial charge < -0.3 is 18.7 Å². The molecule has 0 fully saturated rings. The molecule has 0 bridgehead atoms. The molecule has 1 nitrogen and oxygen atoms in total. The average Bonchev–Trinajstić information content (AvgIpc) is 1.66. The molecule has 0 aliphatic carbocycles. The van der Waals surface area contributed by atoms with Crippen molar-refractivity contribution < 1.29 is 65.4 Å². The van der Waals surface area contributed by atoms with Crippen molar-refractivity contribution in [2.45, 2.75) is 13.8 Å². The zero-order chi connectivity index (χ0) is 6.41. The van der Waals surface area contributed by atoms with Gasteiger partial charge in [0.15, 0.2) is 0 Å². The van der Waals surface area contributed by atoms with Gasteiger partial charge in [-0.25, -0.2) is 0 Å². The summed E-state index contributed by atoms with van der Waals surface area (Å²) in [6, 6.07) is 0. The van der Waals surface area contributed by atoms with Gasteiger partial charge in [-0.15, -0.1) is 6.54 Å². The first-order chi connectivity index (χ1) is 3.77. The van der Waals surface area contributed by atoms with Gasteiger partial charge in [0.25, 0.3) is 0 Å². The van der Waals surface area contributed by atoms with E-state index in [1.54, 1.807) is 0 Å². The summed E-state index contributed by atoms with van der Waals surface area (Å²) in [6.07, 6.45) is 2.10. The monoisotopic (exact) mass is 291 g/mol. The van der Waals surface area contributed by atoms with Crippen molar-refractivity contribution in [1.82, 2.24) is 5.32 Å². The maximum Gasteiger partial charge on any atom is 0 e. The van der Waals surface area contributed by atoms with E-state index in [4.69, 9.17) is 0 Å². The minimum Gasteiger partial charge on any atom is -0.348 e. The molecule has 0 aliphatic rings. The molecule has 1 atom stereocenters. The van der Waals surface area contributed by atoms with Crippen LogP contribution in [0.15, 0.2) is 0 Å². The Bertz CT molecular complexity index is 48.9. The van der Waals surface area contributed by atoms with Crippen LogP contribution in [0.1, 0.15) is 13.8 Å². The number of nitrogens with one attached hydrogen (secondary N) is 1. The fraction of sp³-hybridized carbons (Fsp3) is 0.714. The summed E-state index contributed by atoms with van der Waals surface area (Å²) in [5, 5.41) is 3.22. The van der Waals surface area contributed by atoms with Gasteiger partial charge in [0, 0.05) is 65.4 Å². The van der Waals surface area contributed by atoms with E-state index in [0.717, 1.165) is 13.1 Å². The van der Waals surface area contributed by atoms with Crippen molar-refractivity contribution in [1.29, 1.82) is 0 Å². The molecular weight excluding hydrogens is 276 g/mol. The molecule has 0 amide bonds. The standard InChI is InChI=1S/C7H15N.2Y/c1-4-5-8-6-7(2)3;;/h4,7-8H,2,5-6H2,1,3H3;;/q-2;;/t7-;;/m1../s1. The normalized spacial score (nSPS) is 11.1. The van der Waals surface area contributed by atoms with Crippen LogP contribution in [-0.2, 0) is 65.4 Å². The van der Waals surface area contributed by atoms with E-state index in [2.05, 4.69) is 25.6 Å². The van der Waals surface area contributed by atoms with Crippen LogP contribution in [0.5, 0.6) is 0 Å². The van der Waals surface area contributed by atoms with E-state index in [9.17, 15) is 0 Å². The second-order valence-corrected chi connectivity index (χ2v) is 2.17. The molecule has 0 spiro atoms. The van der Waals surface area contributed by atoms with Crippen molar-refractivity contribution in [2.24, 2.45) is 5.92 Å². The molecule has 0 aliphatic heterocycles. The Hall–Kier alpha value is 2.17. The van der Waals surface area contributed by atoms with E-state index < -0.39 is 0 Å². The largest absolute Gasteiger partial charge is 0.348 e. The summed E-state index contributed by atoms with van der Waals surface area (Å²) in [7, 11) is 0. The molecule has 0 aromatic heterocycles. The number of hydrogen-bond donors (Lipinski definition) is 1. The first-order valence-corrected chi connectivity index (χ1v) is 3.09. The molecule has 0 saturated heterocycles. The Labute approximate surface area is 115 Å². The third-order valence-corrected chi connectivity index (χ3v) is 0.841. The summed E-state index contributed by atoms with van der Waals surface area (Å²) in [6.45, 7) is 9.99. The van der Waals surface area contributed by atoms with Crippen molar-refractivity contribution in [3.05, 3.63) is 13.3 Å². The average molecular weight is 291 g/mol. The van der Waals surface area contributed by atoms with Gasteiger partial charge >= 0.3 is 0 Å². The Morgan fingerprint density at radius 1 is 1.50 bits per heavy atom. The van der Waals surface area contributed by atoms with E-state index in [1.807, 2.05) is 6.92 Å². The van der Waals surface area contributed by atoms with Crippen LogP contribution in [-0.4, -0.2) is 13.1 Å². The zero-order valence-electron chi connectivity index (χ0n) is 6.93. The first-order valence-electron chi connectivity index (χ1n) is 3.09. The van der Waals surface area contributed by atoms with Gasteiger partial charge in [-0.3, -0.25) is 0 Å². The van der Waals surface area contributed by atoms with Crippen LogP contribution >= 0.6 is 0 Å². The Kier molecular flexibility index (Phi) is 24.8. The van der Waals surface area contributed by atoms with Crippen LogP contribution < -0.4 is 5.32 Å². The predicted octanol–water partition coefficient (Wildman–Crippen LogP) is 1.27. The fourth-order valence-electron chi connectivity index (χ4n) is 0.474. The Morgan fingerprint density at radius 3 is 2.30 bits per heavy atom. The van der Waals surface area contributed by atoms with Crippen LogP contribution in [0.3, 0.4) is 0 Å². The van der Waals surface area contributed by atoms with Crippen LogP contribution in [0.2, 0.25) is 0 Å². The van der Waals surface area contributed by atoms with E-state index in [0.29, 0.717) is 5.92 Å². The quantitative estimate of drug-likeness (QED) is 0.607. The smallest absolute Gasteiger partial charge is 0 e. The van der Waals surface area contributed by atoms with Crippen molar-refractivity contribution in [3.8, 4) is 0 Å². The summed E-state index contributed by atoms with van der Waals surface area (Å²) >= 11 is 0. The van der Waals surface area contributed by atoms with Gasteiger partial charge in [-0.1, -0.05) is 6.92 Å². The third-order valence-electron chi connectivity index (χ3n) is 0.841. The second kappa shape index (κ2) is 13.7. The van der Waals surface area contributed by atoms with E-state index >= 15 is 0 Å². The number of hydrogen-bond acceptors (Lipinski definition) is 1. The van der Waals surface area contributed by atoms with Crippen LogP contribution in [0.4, 0.5) is 0 Å². The molecule has 10 heavy (non-hydrogen) atoms. The summed E-state index contributed by atoms with van der Waals surface area (Å²) in [5.41, 5.74) is 0. The molecule has 0 unspecified atom stereocenters. The molecule has 0 aromatic rings. The topological polar surface area (TPSA) is 12.0 Å². The second-order valence-electron chi connectivity index (χ2n) is 2.17. The fourth-order valence-corrected chi connectivity index (χ4v) is 0.474. The maximum atomic E-state index is 3.83. The van der Waals surface area contributed by atoms with Crippen molar-refractivity contribution >= 4 is 0 Å². The Balaban J connectivity index is -0.000000245. The molecule has 0 heterocycles. The SMILES string of the molecule is [CH2-][C@H](C)CNC[CH-]C.[Y].[Y]. The third kappa shape index (κ3) is 16.6. The van der Waals surface area contributed by atoms with Crippen molar-refractivity contribution in [2.75, 3.05) is 13.1 Å². The summed E-state index contributed by atoms with van der Waals surface area (Å²) in [4.78, 5) is 0. The molecular formula is C7H15NY2-2. The van der Waals surface area contributed by atoms with Gasteiger partial charge in [0.2, 0.25) is 0 Å². The number of rotatable bonds is 4. The van der Waals surface area contributed by atoms with Gasteiger partial charge in [-0.05, 0) is 6.54 Å². The van der Waals surface area contributed by atoms with E-state index in [1.165, 1.54) is 0 Å².